The van der Waals surface area contributed by atoms with Gasteiger partial charge in [0.25, 0.3) is 0 Å². The number of aliphatic hydroxyl groups is 1. The third kappa shape index (κ3) is 1.99. The predicted molar refractivity (Wildman–Crippen MR) is 53.3 cm³/mol. The number of pyridine rings is 2. The van der Waals surface area contributed by atoms with Crippen LogP contribution in [0.4, 0.5) is 4.39 Å². The number of halogens is 1. The van der Waals surface area contributed by atoms with Crippen molar-refractivity contribution in [2.45, 2.75) is 6.61 Å². The smallest absolute Gasteiger partial charge is 0.213 e. The molecule has 76 valence electrons. The molecule has 0 amide bonds. The summed E-state index contributed by atoms with van der Waals surface area (Å²) >= 11 is 0. The molecule has 0 saturated carbocycles. The minimum atomic E-state index is -0.586. The number of aromatic nitrogens is 2. The molecule has 0 fully saturated rings. The van der Waals surface area contributed by atoms with Crippen molar-refractivity contribution in [1.82, 2.24) is 9.97 Å². The minimum absolute atomic E-state index is 0.282. The summed E-state index contributed by atoms with van der Waals surface area (Å²) in [6, 6.07) is 6.44. The van der Waals surface area contributed by atoms with E-state index < -0.39 is 5.95 Å². The van der Waals surface area contributed by atoms with Crippen molar-refractivity contribution >= 4 is 0 Å². The van der Waals surface area contributed by atoms with Gasteiger partial charge in [-0.2, -0.15) is 4.39 Å². The molecule has 2 heterocycles. The molecule has 0 atom stereocenters. The molecule has 2 aromatic rings. The quantitative estimate of drug-likeness (QED) is 0.758. The van der Waals surface area contributed by atoms with Crippen molar-refractivity contribution in [2.75, 3.05) is 0 Å². The summed E-state index contributed by atoms with van der Waals surface area (Å²) in [5.74, 6) is -0.586. The molecule has 0 radical (unpaired) electrons. The predicted octanol–water partition coefficient (Wildman–Crippen LogP) is 1.77. The number of hydrogen-bond acceptors (Lipinski definition) is 3. The fourth-order valence-corrected chi connectivity index (χ4v) is 1.39. The van der Waals surface area contributed by atoms with Crippen LogP contribution in [0.2, 0.25) is 0 Å². The lowest BCUT2D eigenvalue weighted by Crippen LogP contribution is -1.96. The lowest BCUT2D eigenvalue weighted by atomic mass is 10.1. The molecule has 1 N–H and O–H groups in total. The number of aliphatic hydroxyl groups excluding tert-OH is 1. The number of hydrogen-bond donors (Lipinski definition) is 1. The van der Waals surface area contributed by atoms with Crippen molar-refractivity contribution in [3.63, 3.8) is 0 Å². The fraction of sp³-hybridized carbons (Fsp3) is 0.0909. The van der Waals surface area contributed by atoms with Gasteiger partial charge in [0.15, 0.2) is 0 Å². The van der Waals surface area contributed by atoms with Crippen LogP contribution >= 0.6 is 0 Å². The Labute approximate surface area is 86.3 Å². The van der Waals surface area contributed by atoms with Gasteiger partial charge in [-0.25, -0.2) is 4.98 Å². The average molecular weight is 204 g/mol. The first-order valence-electron chi connectivity index (χ1n) is 4.48. The largest absolute Gasteiger partial charge is 0.390 e. The van der Waals surface area contributed by atoms with Gasteiger partial charge in [0.05, 0.1) is 12.3 Å². The summed E-state index contributed by atoms with van der Waals surface area (Å²) in [4.78, 5) is 7.52. The van der Waals surface area contributed by atoms with E-state index in [9.17, 15) is 4.39 Å². The summed E-state index contributed by atoms with van der Waals surface area (Å²) in [6.07, 6.45) is 3.28. The molecule has 3 nitrogen and oxygen atoms in total. The molecule has 0 aliphatic carbocycles. The van der Waals surface area contributed by atoms with Crippen LogP contribution in [-0.4, -0.2) is 15.1 Å². The van der Waals surface area contributed by atoms with Crippen LogP contribution in [0, 0.1) is 5.95 Å². The van der Waals surface area contributed by atoms with Crippen LogP contribution in [-0.2, 0) is 6.61 Å². The van der Waals surface area contributed by atoms with Crippen LogP contribution in [0.1, 0.15) is 5.69 Å². The number of rotatable bonds is 2. The molecule has 0 bridgehead atoms. The average Bonchev–Trinajstić information content (AvgIpc) is 2.30. The first kappa shape index (κ1) is 9.73. The Hall–Kier alpha value is -1.81. The van der Waals surface area contributed by atoms with E-state index >= 15 is 0 Å². The minimum Gasteiger partial charge on any atom is -0.390 e. The van der Waals surface area contributed by atoms with Gasteiger partial charge in [0.2, 0.25) is 5.95 Å². The van der Waals surface area contributed by atoms with Crippen molar-refractivity contribution < 1.29 is 9.50 Å². The van der Waals surface area contributed by atoms with Crippen LogP contribution in [0.5, 0.6) is 0 Å². The molecule has 0 unspecified atom stereocenters. The highest BCUT2D eigenvalue weighted by Crippen LogP contribution is 2.21. The van der Waals surface area contributed by atoms with E-state index in [4.69, 9.17) is 5.11 Å². The summed E-state index contributed by atoms with van der Waals surface area (Å²) in [5, 5.41) is 9.06. The molecular weight excluding hydrogens is 195 g/mol. The molecule has 2 aromatic heterocycles. The highest BCUT2D eigenvalue weighted by molar-refractivity contribution is 5.64. The van der Waals surface area contributed by atoms with Gasteiger partial charge in [-0.3, -0.25) is 4.98 Å². The number of nitrogens with zero attached hydrogens (tertiary/aromatic N) is 2. The zero-order valence-corrected chi connectivity index (χ0v) is 7.89. The molecule has 0 aliphatic heterocycles. The molecule has 0 aromatic carbocycles. The van der Waals surface area contributed by atoms with Gasteiger partial charge in [0.1, 0.15) is 0 Å². The maximum absolute atomic E-state index is 12.8. The molecule has 2 rings (SSSR count). The molecule has 0 saturated heterocycles. The second-order valence-electron chi connectivity index (χ2n) is 3.02. The monoisotopic (exact) mass is 204 g/mol. The summed E-state index contributed by atoms with van der Waals surface area (Å²) in [6.45, 7) is -0.282. The first-order valence-corrected chi connectivity index (χ1v) is 4.48. The molecule has 4 heteroatoms. The summed E-state index contributed by atoms with van der Waals surface area (Å²) in [7, 11) is 0. The fourth-order valence-electron chi connectivity index (χ4n) is 1.39. The van der Waals surface area contributed by atoms with Gasteiger partial charge < -0.3 is 5.11 Å². The van der Waals surface area contributed by atoms with E-state index in [2.05, 4.69) is 9.97 Å². The lowest BCUT2D eigenvalue weighted by molar-refractivity contribution is 0.275. The van der Waals surface area contributed by atoms with E-state index in [1.54, 1.807) is 30.6 Å². The Morgan fingerprint density at radius 2 is 1.87 bits per heavy atom. The summed E-state index contributed by atoms with van der Waals surface area (Å²) in [5.41, 5.74) is 1.92. The van der Waals surface area contributed by atoms with E-state index in [1.165, 1.54) is 6.07 Å². The SMILES string of the molecule is OCc1nc(F)ccc1-c1ccncc1. The molecule has 0 aliphatic rings. The van der Waals surface area contributed by atoms with Gasteiger partial charge in [-0.05, 0) is 29.8 Å². The van der Waals surface area contributed by atoms with Crippen LogP contribution in [0.3, 0.4) is 0 Å². The third-order valence-electron chi connectivity index (χ3n) is 2.08. The Kier molecular flexibility index (Phi) is 2.69. The summed E-state index contributed by atoms with van der Waals surface area (Å²) < 4.78 is 12.8. The molecule has 15 heavy (non-hydrogen) atoms. The Morgan fingerprint density at radius 1 is 1.13 bits per heavy atom. The highest BCUT2D eigenvalue weighted by Gasteiger charge is 2.06. The van der Waals surface area contributed by atoms with Crippen LogP contribution in [0.25, 0.3) is 11.1 Å². The zero-order valence-electron chi connectivity index (χ0n) is 7.89. The standard InChI is InChI=1S/C11H9FN2O/c12-11-2-1-9(10(7-15)14-11)8-3-5-13-6-4-8/h1-6,15H,7H2. The van der Waals surface area contributed by atoms with Gasteiger partial charge in [-0.15, -0.1) is 0 Å². The van der Waals surface area contributed by atoms with Crippen LogP contribution < -0.4 is 0 Å². The van der Waals surface area contributed by atoms with E-state index in [-0.39, 0.29) is 6.61 Å². The third-order valence-corrected chi connectivity index (χ3v) is 2.08. The van der Waals surface area contributed by atoms with Gasteiger partial charge in [0, 0.05) is 18.0 Å². The topological polar surface area (TPSA) is 46.0 Å². The lowest BCUT2D eigenvalue weighted by Gasteiger charge is -2.05. The Balaban J connectivity index is 2.53. The van der Waals surface area contributed by atoms with E-state index in [0.717, 1.165) is 11.1 Å². The van der Waals surface area contributed by atoms with Crippen molar-refractivity contribution in [2.24, 2.45) is 0 Å². The van der Waals surface area contributed by atoms with Crippen molar-refractivity contribution in [3.8, 4) is 11.1 Å². The Bertz CT molecular complexity index is 459. The van der Waals surface area contributed by atoms with Gasteiger partial charge in [-0.1, -0.05) is 0 Å². The zero-order chi connectivity index (χ0) is 10.7. The maximum atomic E-state index is 12.8. The van der Waals surface area contributed by atoms with Crippen LogP contribution in [0.15, 0.2) is 36.7 Å². The Morgan fingerprint density at radius 3 is 2.53 bits per heavy atom. The molecule has 0 spiro atoms. The molecular formula is C11H9FN2O. The van der Waals surface area contributed by atoms with E-state index in [0.29, 0.717) is 5.69 Å². The highest BCUT2D eigenvalue weighted by atomic mass is 19.1. The van der Waals surface area contributed by atoms with E-state index in [1.807, 2.05) is 0 Å². The van der Waals surface area contributed by atoms with Gasteiger partial charge >= 0.3 is 0 Å². The second-order valence-corrected chi connectivity index (χ2v) is 3.02. The van der Waals surface area contributed by atoms with Crippen molar-refractivity contribution in [1.29, 1.82) is 0 Å². The maximum Gasteiger partial charge on any atom is 0.213 e. The second kappa shape index (κ2) is 4.14. The first-order chi connectivity index (χ1) is 7.31. The van der Waals surface area contributed by atoms with Crippen molar-refractivity contribution in [3.05, 3.63) is 48.3 Å². The normalized spacial score (nSPS) is 10.3.